The van der Waals surface area contributed by atoms with Crippen LogP contribution in [0.25, 0.3) is 22.3 Å². The number of aromatic nitrogens is 5. The van der Waals surface area contributed by atoms with Crippen molar-refractivity contribution in [2.75, 3.05) is 12.4 Å². The van der Waals surface area contributed by atoms with Crippen molar-refractivity contribution >= 4 is 16.6 Å². The number of hydrogen-bond donors (Lipinski definition) is 1. The van der Waals surface area contributed by atoms with Crippen LogP contribution < -0.4 is 10.1 Å². The standard InChI is InChI=1S/C29H40N6O/c1-27(2,3)19-29(7,8)30-25-23-13-11-10-12-22(23)24(26-31-32-33-35(26)28(4,5)6)34(25)18-20-14-16-21(36-9)17-15-20/h10-17,30H,18-19H2,1-9H3. The van der Waals surface area contributed by atoms with Crippen LogP contribution in [-0.2, 0) is 12.1 Å². The molecule has 0 saturated carbocycles. The fourth-order valence-electron chi connectivity index (χ4n) is 5.22. The molecule has 0 spiro atoms. The minimum atomic E-state index is -0.270. The number of rotatable bonds is 7. The molecule has 1 N–H and O–H groups in total. The summed E-state index contributed by atoms with van der Waals surface area (Å²) < 4.78 is 9.65. The van der Waals surface area contributed by atoms with E-state index in [0.717, 1.165) is 40.3 Å². The summed E-state index contributed by atoms with van der Waals surface area (Å²) in [4.78, 5) is 0. The van der Waals surface area contributed by atoms with Crippen molar-refractivity contribution in [3.8, 4) is 17.3 Å². The third-order valence-electron chi connectivity index (χ3n) is 6.22. The number of fused-ring (bicyclic) bond motifs is 1. The fourth-order valence-corrected chi connectivity index (χ4v) is 5.22. The highest BCUT2D eigenvalue weighted by molar-refractivity contribution is 6.03. The maximum atomic E-state index is 5.39. The highest BCUT2D eigenvalue weighted by atomic mass is 16.5. The van der Waals surface area contributed by atoms with Crippen molar-refractivity contribution in [2.45, 2.75) is 79.4 Å². The van der Waals surface area contributed by atoms with Gasteiger partial charge in [0.25, 0.3) is 0 Å². The molecule has 0 amide bonds. The van der Waals surface area contributed by atoms with Crippen molar-refractivity contribution in [1.29, 1.82) is 0 Å². The van der Waals surface area contributed by atoms with Gasteiger partial charge in [-0.3, -0.25) is 0 Å². The molecule has 0 saturated heterocycles. The van der Waals surface area contributed by atoms with Crippen LogP contribution >= 0.6 is 0 Å². The number of anilines is 1. The zero-order valence-corrected chi connectivity index (χ0v) is 23.2. The fraction of sp³-hybridized carbons (Fsp3) is 0.483. The largest absolute Gasteiger partial charge is 0.497 e. The number of nitrogens with one attached hydrogen (secondary N) is 1. The second kappa shape index (κ2) is 9.26. The van der Waals surface area contributed by atoms with E-state index in [1.165, 1.54) is 5.56 Å². The summed E-state index contributed by atoms with van der Waals surface area (Å²) >= 11 is 0. The Hall–Kier alpha value is -3.35. The van der Waals surface area contributed by atoms with E-state index in [1.54, 1.807) is 7.11 Å². The lowest BCUT2D eigenvalue weighted by Gasteiger charge is -2.35. The second-order valence-corrected chi connectivity index (χ2v) is 12.5. The van der Waals surface area contributed by atoms with Gasteiger partial charge in [-0.05, 0) is 74.6 Å². The van der Waals surface area contributed by atoms with Gasteiger partial charge in [0.15, 0.2) is 5.82 Å². The molecule has 7 nitrogen and oxygen atoms in total. The molecule has 4 rings (SSSR count). The van der Waals surface area contributed by atoms with Crippen LogP contribution in [0.15, 0.2) is 48.5 Å². The second-order valence-electron chi connectivity index (χ2n) is 12.5. The third kappa shape index (κ3) is 5.40. The number of ether oxygens (including phenoxy) is 1. The SMILES string of the molecule is COc1ccc(Cn2c(NC(C)(C)CC(C)(C)C)c3ccccc3c2-c2nnnn2C(C)(C)C)cc1. The molecule has 0 unspecified atom stereocenters. The van der Waals surface area contributed by atoms with E-state index in [2.05, 4.69) is 117 Å². The van der Waals surface area contributed by atoms with Crippen molar-refractivity contribution in [3.05, 3.63) is 54.1 Å². The zero-order valence-electron chi connectivity index (χ0n) is 23.2. The summed E-state index contributed by atoms with van der Waals surface area (Å²) in [5.41, 5.74) is 1.96. The molecule has 2 aromatic carbocycles. The summed E-state index contributed by atoms with van der Waals surface area (Å²) in [6.45, 7) is 18.4. The molecule has 0 aliphatic carbocycles. The minimum Gasteiger partial charge on any atom is -0.497 e. The van der Waals surface area contributed by atoms with Crippen molar-refractivity contribution in [3.63, 3.8) is 0 Å². The lowest BCUT2D eigenvalue weighted by Crippen LogP contribution is -2.36. The molecule has 192 valence electrons. The molecule has 0 atom stereocenters. The van der Waals surface area contributed by atoms with E-state index < -0.39 is 0 Å². The molecule has 7 heteroatoms. The van der Waals surface area contributed by atoms with E-state index in [1.807, 2.05) is 16.8 Å². The first-order valence-corrected chi connectivity index (χ1v) is 12.6. The monoisotopic (exact) mass is 488 g/mol. The first-order valence-electron chi connectivity index (χ1n) is 12.6. The summed E-state index contributed by atoms with van der Waals surface area (Å²) in [5, 5.41) is 19.2. The Labute approximate surface area is 214 Å². The minimum absolute atomic E-state index is 0.135. The van der Waals surface area contributed by atoms with Crippen molar-refractivity contribution in [1.82, 2.24) is 24.8 Å². The molecular formula is C29H40N6O. The quantitative estimate of drug-likeness (QED) is 0.312. The zero-order chi connectivity index (χ0) is 26.3. The number of tetrazole rings is 1. The highest BCUT2D eigenvalue weighted by Gasteiger charge is 2.31. The van der Waals surface area contributed by atoms with E-state index in [4.69, 9.17) is 4.74 Å². The molecule has 2 heterocycles. The van der Waals surface area contributed by atoms with Crippen LogP contribution in [-0.4, -0.2) is 37.4 Å². The Morgan fingerprint density at radius 2 is 1.50 bits per heavy atom. The van der Waals surface area contributed by atoms with Gasteiger partial charge in [0.2, 0.25) is 0 Å². The van der Waals surface area contributed by atoms with Gasteiger partial charge in [0.1, 0.15) is 11.6 Å². The van der Waals surface area contributed by atoms with Gasteiger partial charge in [-0.15, -0.1) is 5.10 Å². The van der Waals surface area contributed by atoms with Crippen molar-refractivity contribution < 1.29 is 4.74 Å². The van der Waals surface area contributed by atoms with Crippen LogP contribution in [0.4, 0.5) is 5.82 Å². The van der Waals surface area contributed by atoms with Gasteiger partial charge in [-0.2, -0.15) is 0 Å². The molecule has 0 bridgehead atoms. The first-order chi connectivity index (χ1) is 16.8. The lowest BCUT2D eigenvalue weighted by molar-refractivity contribution is 0.301. The van der Waals surface area contributed by atoms with Crippen molar-refractivity contribution in [2.24, 2.45) is 5.41 Å². The summed E-state index contributed by atoms with van der Waals surface area (Å²) in [5.74, 6) is 2.68. The third-order valence-corrected chi connectivity index (χ3v) is 6.22. The van der Waals surface area contributed by atoms with Gasteiger partial charge in [-0.25, -0.2) is 4.68 Å². The van der Waals surface area contributed by atoms with Gasteiger partial charge >= 0.3 is 0 Å². The van der Waals surface area contributed by atoms with E-state index in [9.17, 15) is 0 Å². The van der Waals surface area contributed by atoms with Gasteiger partial charge in [-0.1, -0.05) is 57.2 Å². The number of benzene rings is 2. The Morgan fingerprint density at radius 1 is 0.861 bits per heavy atom. The molecule has 4 aromatic rings. The normalized spacial score (nSPS) is 12.8. The van der Waals surface area contributed by atoms with Crippen LogP contribution in [0.3, 0.4) is 0 Å². The molecule has 0 fully saturated rings. The van der Waals surface area contributed by atoms with Gasteiger partial charge in [0, 0.05) is 22.9 Å². The Balaban J connectivity index is 1.96. The van der Waals surface area contributed by atoms with Crippen LogP contribution in [0.5, 0.6) is 5.75 Å². The topological polar surface area (TPSA) is 69.8 Å². The Morgan fingerprint density at radius 3 is 2.08 bits per heavy atom. The Bertz CT molecular complexity index is 1330. The average Bonchev–Trinajstić information content (AvgIpc) is 3.36. The van der Waals surface area contributed by atoms with E-state index in [-0.39, 0.29) is 16.5 Å². The van der Waals surface area contributed by atoms with E-state index >= 15 is 0 Å². The smallest absolute Gasteiger partial charge is 0.199 e. The van der Waals surface area contributed by atoms with Gasteiger partial charge in [0.05, 0.1) is 18.3 Å². The van der Waals surface area contributed by atoms with Gasteiger partial charge < -0.3 is 14.6 Å². The van der Waals surface area contributed by atoms with Crippen LogP contribution in [0, 0.1) is 5.41 Å². The summed E-state index contributed by atoms with van der Waals surface area (Å²) in [7, 11) is 1.69. The first kappa shape index (κ1) is 25.7. The maximum Gasteiger partial charge on any atom is 0.199 e. The molecule has 0 aliphatic heterocycles. The van der Waals surface area contributed by atoms with Crippen LogP contribution in [0.1, 0.15) is 67.4 Å². The molecular weight excluding hydrogens is 448 g/mol. The highest BCUT2D eigenvalue weighted by Crippen LogP contribution is 2.40. The molecule has 36 heavy (non-hydrogen) atoms. The number of nitrogens with zero attached hydrogens (tertiary/aromatic N) is 5. The van der Waals surface area contributed by atoms with E-state index in [0.29, 0.717) is 6.54 Å². The summed E-state index contributed by atoms with van der Waals surface area (Å²) in [6, 6.07) is 16.8. The average molecular weight is 489 g/mol. The maximum absolute atomic E-state index is 5.39. The predicted octanol–water partition coefficient (Wildman–Crippen LogP) is 6.73. The molecule has 0 aliphatic rings. The lowest BCUT2D eigenvalue weighted by atomic mass is 9.82. The Kier molecular flexibility index (Phi) is 6.62. The molecule has 0 radical (unpaired) electrons. The van der Waals surface area contributed by atoms with Crippen LogP contribution in [0.2, 0.25) is 0 Å². The number of hydrogen-bond acceptors (Lipinski definition) is 5. The number of methoxy groups -OCH3 is 1. The molecule has 2 aromatic heterocycles. The predicted molar refractivity (Wildman–Crippen MR) is 148 cm³/mol. The summed E-state index contributed by atoms with van der Waals surface area (Å²) in [6.07, 6.45) is 1.01.